The van der Waals surface area contributed by atoms with Gasteiger partial charge in [-0.05, 0) is 48.4 Å². The molecule has 0 saturated heterocycles. The lowest BCUT2D eigenvalue weighted by Gasteiger charge is -2.10. The summed E-state index contributed by atoms with van der Waals surface area (Å²) >= 11 is 0. The lowest BCUT2D eigenvalue weighted by Crippen LogP contribution is -2.29. The Kier molecular flexibility index (Phi) is 5.41. The van der Waals surface area contributed by atoms with Gasteiger partial charge in [0.15, 0.2) is 11.5 Å². The van der Waals surface area contributed by atoms with Gasteiger partial charge in [0.2, 0.25) is 5.91 Å². The van der Waals surface area contributed by atoms with Crippen LogP contribution in [0.25, 0.3) is 10.9 Å². The van der Waals surface area contributed by atoms with Gasteiger partial charge in [-0.2, -0.15) is 0 Å². The van der Waals surface area contributed by atoms with Crippen LogP contribution < -0.4 is 14.8 Å². The van der Waals surface area contributed by atoms with E-state index in [9.17, 15) is 9.18 Å². The first-order chi connectivity index (χ1) is 12.6. The summed E-state index contributed by atoms with van der Waals surface area (Å²) in [5.74, 6) is 0.973. The number of amides is 1. The molecule has 26 heavy (non-hydrogen) atoms. The van der Waals surface area contributed by atoms with Crippen LogP contribution in [0.2, 0.25) is 0 Å². The molecule has 5 nitrogen and oxygen atoms in total. The number of hydrogen-bond donors (Lipinski definition) is 1. The van der Waals surface area contributed by atoms with E-state index in [0.29, 0.717) is 24.5 Å². The van der Waals surface area contributed by atoms with Crippen molar-refractivity contribution in [3.8, 4) is 11.5 Å². The summed E-state index contributed by atoms with van der Waals surface area (Å²) in [5.41, 5.74) is 1.88. The van der Waals surface area contributed by atoms with E-state index in [4.69, 9.17) is 9.47 Å². The van der Waals surface area contributed by atoms with E-state index in [-0.39, 0.29) is 18.3 Å². The topological polar surface area (TPSA) is 52.5 Å². The standard InChI is InChI=1S/C20H21FN2O3/c1-25-18-6-3-14(11-19(18)26-2)7-9-22-20(24)13-23-10-8-15-12-16(21)4-5-17(15)23/h3-6,8,10-12H,7,9,13H2,1-2H3,(H,22,24). The van der Waals surface area contributed by atoms with Crippen molar-refractivity contribution in [2.24, 2.45) is 0 Å². The molecule has 3 rings (SSSR count). The molecule has 0 aliphatic heterocycles. The molecule has 0 fully saturated rings. The normalized spacial score (nSPS) is 10.7. The van der Waals surface area contributed by atoms with Gasteiger partial charge in [-0.15, -0.1) is 0 Å². The van der Waals surface area contributed by atoms with Gasteiger partial charge in [-0.25, -0.2) is 4.39 Å². The van der Waals surface area contributed by atoms with Crippen molar-refractivity contribution in [3.05, 3.63) is 60.0 Å². The highest BCUT2D eigenvalue weighted by molar-refractivity contribution is 5.83. The molecular formula is C20H21FN2O3. The number of carbonyl (C=O) groups is 1. The smallest absolute Gasteiger partial charge is 0.239 e. The number of ether oxygens (including phenoxy) is 2. The van der Waals surface area contributed by atoms with Crippen molar-refractivity contribution in [3.63, 3.8) is 0 Å². The largest absolute Gasteiger partial charge is 0.493 e. The molecule has 1 amide bonds. The Hall–Kier alpha value is -3.02. The van der Waals surface area contributed by atoms with Gasteiger partial charge in [0.1, 0.15) is 12.4 Å². The van der Waals surface area contributed by atoms with Crippen LogP contribution in [0.5, 0.6) is 11.5 Å². The van der Waals surface area contributed by atoms with E-state index in [0.717, 1.165) is 16.5 Å². The number of methoxy groups -OCH3 is 2. The molecule has 0 spiro atoms. The summed E-state index contributed by atoms with van der Waals surface area (Å²) in [5, 5.41) is 3.69. The summed E-state index contributed by atoms with van der Waals surface area (Å²) in [4.78, 5) is 12.2. The highest BCUT2D eigenvalue weighted by Crippen LogP contribution is 2.27. The van der Waals surface area contributed by atoms with E-state index in [1.54, 1.807) is 37.1 Å². The van der Waals surface area contributed by atoms with Crippen LogP contribution in [0.15, 0.2) is 48.7 Å². The molecule has 1 heterocycles. The number of halogens is 1. The molecule has 2 aromatic carbocycles. The van der Waals surface area contributed by atoms with Crippen molar-refractivity contribution in [2.45, 2.75) is 13.0 Å². The number of benzene rings is 2. The third-order valence-electron chi connectivity index (χ3n) is 4.23. The average Bonchev–Trinajstić information content (AvgIpc) is 3.03. The zero-order valence-electron chi connectivity index (χ0n) is 14.8. The van der Waals surface area contributed by atoms with Crippen LogP contribution in [0.1, 0.15) is 5.56 Å². The summed E-state index contributed by atoms with van der Waals surface area (Å²) in [6.07, 6.45) is 2.47. The second-order valence-electron chi connectivity index (χ2n) is 5.94. The maximum atomic E-state index is 13.2. The fourth-order valence-electron chi connectivity index (χ4n) is 2.90. The van der Waals surface area contributed by atoms with Gasteiger partial charge >= 0.3 is 0 Å². The molecule has 3 aromatic rings. The number of nitrogens with one attached hydrogen (secondary N) is 1. The molecule has 0 atom stereocenters. The monoisotopic (exact) mass is 356 g/mol. The molecule has 0 saturated carbocycles. The molecule has 6 heteroatoms. The molecule has 0 aliphatic carbocycles. The predicted octanol–water partition coefficient (Wildman–Crippen LogP) is 3.16. The van der Waals surface area contributed by atoms with Gasteiger partial charge in [0.05, 0.1) is 14.2 Å². The van der Waals surface area contributed by atoms with E-state index < -0.39 is 0 Å². The van der Waals surface area contributed by atoms with Gasteiger partial charge in [0.25, 0.3) is 0 Å². The third kappa shape index (κ3) is 3.96. The lowest BCUT2D eigenvalue weighted by atomic mass is 10.1. The Morgan fingerprint density at radius 1 is 1.08 bits per heavy atom. The Morgan fingerprint density at radius 3 is 2.65 bits per heavy atom. The van der Waals surface area contributed by atoms with Gasteiger partial charge < -0.3 is 19.4 Å². The van der Waals surface area contributed by atoms with Crippen molar-refractivity contribution < 1.29 is 18.7 Å². The van der Waals surface area contributed by atoms with E-state index in [1.807, 2.05) is 18.2 Å². The first-order valence-corrected chi connectivity index (χ1v) is 8.32. The third-order valence-corrected chi connectivity index (χ3v) is 4.23. The van der Waals surface area contributed by atoms with Gasteiger partial charge in [-0.1, -0.05) is 6.07 Å². The van der Waals surface area contributed by atoms with Crippen molar-refractivity contribution in [1.29, 1.82) is 0 Å². The van der Waals surface area contributed by atoms with Crippen molar-refractivity contribution in [1.82, 2.24) is 9.88 Å². The highest BCUT2D eigenvalue weighted by atomic mass is 19.1. The summed E-state index contributed by atoms with van der Waals surface area (Å²) < 4.78 is 25.5. The molecule has 0 unspecified atom stereocenters. The summed E-state index contributed by atoms with van der Waals surface area (Å²) in [6.45, 7) is 0.712. The first kappa shape index (κ1) is 17.8. The number of hydrogen-bond acceptors (Lipinski definition) is 3. The molecule has 1 N–H and O–H groups in total. The quantitative estimate of drug-likeness (QED) is 0.708. The summed E-state index contributed by atoms with van der Waals surface area (Å²) in [7, 11) is 3.19. The Morgan fingerprint density at radius 2 is 1.88 bits per heavy atom. The zero-order chi connectivity index (χ0) is 18.5. The molecule has 136 valence electrons. The number of fused-ring (bicyclic) bond motifs is 1. The van der Waals surface area contributed by atoms with E-state index in [1.165, 1.54) is 12.1 Å². The minimum absolute atomic E-state index is 0.0905. The second kappa shape index (κ2) is 7.91. The fraction of sp³-hybridized carbons (Fsp3) is 0.250. The highest BCUT2D eigenvalue weighted by Gasteiger charge is 2.08. The average molecular weight is 356 g/mol. The van der Waals surface area contributed by atoms with Crippen molar-refractivity contribution >= 4 is 16.8 Å². The zero-order valence-corrected chi connectivity index (χ0v) is 14.8. The van der Waals surface area contributed by atoms with Crippen LogP contribution in [0, 0.1) is 5.82 Å². The van der Waals surface area contributed by atoms with E-state index in [2.05, 4.69) is 5.32 Å². The Bertz CT molecular complexity index is 921. The second-order valence-corrected chi connectivity index (χ2v) is 5.94. The van der Waals surface area contributed by atoms with Crippen LogP contribution in [0.4, 0.5) is 4.39 Å². The minimum Gasteiger partial charge on any atom is -0.493 e. The van der Waals surface area contributed by atoms with Gasteiger partial charge in [-0.3, -0.25) is 4.79 Å². The first-order valence-electron chi connectivity index (χ1n) is 8.32. The SMILES string of the molecule is COc1ccc(CCNC(=O)Cn2ccc3cc(F)ccc32)cc1OC. The molecule has 1 aromatic heterocycles. The molecule has 0 radical (unpaired) electrons. The maximum absolute atomic E-state index is 13.2. The van der Waals surface area contributed by atoms with E-state index >= 15 is 0 Å². The molecule has 0 bridgehead atoms. The molecule has 0 aliphatic rings. The summed E-state index contributed by atoms with van der Waals surface area (Å²) in [6, 6.07) is 12.0. The van der Waals surface area contributed by atoms with Crippen LogP contribution >= 0.6 is 0 Å². The number of aromatic nitrogens is 1. The molecular weight excluding hydrogens is 335 g/mol. The van der Waals surface area contributed by atoms with Crippen LogP contribution in [0.3, 0.4) is 0 Å². The number of nitrogens with zero attached hydrogens (tertiary/aromatic N) is 1. The van der Waals surface area contributed by atoms with Crippen molar-refractivity contribution in [2.75, 3.05) is 20.8 Å². The number of carbonyl (C=O) groups excluding carboxylic acids is 1. The Balaban J connectivity index is 1.55. The van der Waals surface area contributed by atoms with Crippen LogP contribution in [-0.2, 0) is 17.8 Å². The fourth-order valence-corrected chi connectivity index (χ4v) is 2.90. The van der Waals surface area contributed by atoms with Crippen LogP contribution in [-0.4, -0.2) is 31.2 Å². The minimum atomic E-state index is -0.283. The predicted molar refractivity (Wildman–Crippen MR) is 98.2 cm³/mol. The lowest BCUT2D eigenvalue weighted by molar-refractivity contribution is -0.121. The van der Waals surface area contributed by atoms with Gasteiger partial charge in [0, 0.05) is 23.6 Å². The number of rotatable bonds is 7. The Labute approximate surface area is 151 Å². The maximum Gasteiger partial charge on any atom is 0.239 e.